The topological polar surface area (TPSA) is 56.0 Å². The molecule has 0 radical (unpaired) electrons. The lowest BCUT2D eigenvalue weighted by Gasteiger charge is -2.14. The molecule has 1 amide bonds. The van der Waals surface area contributed by atoms with Gasteiger partial charge in [0.25, 0.3) is 0 Å². The highest BCUT2D eigenvalue weighted by molar-refractivity contribution is 6.30. The molecule has 0 fully saturated rings. The fourth-order valence-corrected chi connectivity index (χ4v) is 3.81. The van der Waals surface area contributed by atoms with Crippen LogP contribution in [-0.4, -0.2) is 15.0 Å². The maximum atomic E-state index is 12.8. The summed E-state index contributed by atoms with van der Waals surface area (Å²) in [5.41, 5.74) is 4.84. The van der Waals surface area contributed by atoms with E-state index in [-0.39, 0.29) is 11.6 Å². The Labute approximate surface area is 155 Å². The molecule has 1 aromatic heterocycles. The third-order valence-electron chi connectivity index (χ3n) is 4.94. The number of carbonyl (C=O) groups excluding carboxylic acids is 1. The number of aryl methyl sites for hydroxylation is 1. The number of anilines is 1. The van der Waals surface area contributed by atoms with Crippen molar-refractivity contribution in [3.8, 4) is 11.3 Å². The standard InChI is InChI=1S/C20H18ClN3O2/c1-11-4-9-15-14(10-11)16(19(25)22-15)18-17(23(2)20(26)24(18)3)12-5-7-13(21)8-6-12/h4-10,16H,1-3H3,(H,22,25). The normalized spacial score (nSPS) is 15.8. The largest absolute Gasteiger partial charge is 0.328 e. The molecule has 6 heteroatoms. The third kappa shape index (κ3) is 2.39. The number of amides is 1. The Morgan fingerprint density at radius 3 is 2.38 bits per heavy atom. The van der Waals surface area contributed by atoms with Crippen LogP contribution in [0.1, 0.15) is 22.7 Å². The molecule has 0 aliphatic carbocycles. The molecular weight excluding hydrogens is 350 g/mol. The van der Waals surface area contributed by atoms with Crippen molar-refractivity contribution in [2.45, 2.75) is 12.8 Å². The second-order valence-electron chi connectivity index (χ2n) is 6.65. The molecule has 3 aromatic rings. The Hall–Kier alpha value is -2.79. The molecule has 2 aromatic carbocycles. The molecule has 26 heavy (non-hydrogen) atoms. The van der Waals surface area contributed by atoms with Gasteiger partial charge < -0.3 is 5.32 Å². The number of hydrogen-bond acceptors (Lipinski definition) is 2. The minimum Gasteiger partial charge on any atom is -0.325 e. The van der Waals surface area contributed by atoms with Gasteiger partial charge in [-0.05, 0) is 30.7 Å². The monoisotopic (exact) mass is 367 g/mol. The zero-order chi connectivity index (χ0) is 18.6. The average molecular weight is 368 g/mol. The first kappa shape index (κ1) is 16.7. The van der Waals surface area contributed by atoms with Crippen molar-refractivity contribution in [2.24, 2.45) is 14.1 Å². The number of benzene rings is 2. The first-order chi connectivity index (χ1) is 12.4. The van der Waals surface area contributed by atoms with E-state index < -0.39 is 5.92 Å². The lowest BCUT2D eigenvalue weighted by atomic mass is 9.92. The van der Waals surface area contributed by atoms with E-state index in [9.17, 15) is 9.59 Å². The Kier molecular flexibility index (Phi) is 3.77. The van der Waals surface area contributed by atoms with Crippen LogP contribution in [0.4, 0.5) is 5.69 Å². The SMILES string of the molecule is Cc1ccc2c(c1)C(c1c(-c3ccc(Cl)cc3)n(C)c(=O)n1C)C(=O)N2. The average Bonchev–Trinajstić information content (AvgIpc) is 3.04. The smallest absolute Gasteiger partial charge is 0.325 e. The second-order valence-corrected chi connectivity index (χ2v) is 7.09. The van der Waals surface area contributed by atoms with Gasteiger partial charge in [0.1, 0.15) is 5.92 Å². The van der Waals surface area contributed by atoms with E-state index in [1.165, 1.54) is 0 Å². The minimum atomic E-state index is -0.533. The number of aromatic nitrogens is 2. The van der Waals surface area contributed by atoms with Crippen molar-refractivity contribution < 1.29 is 4.79 Å². The highest BCUT2D eigenvalue weighted by Crippen LogP contribution is 2.41. The van der Waals surface area contributed by atoms with Crippen molar-refractivity contribution in [3.05, 3.63) is 74.8 Å². The van der Waals surface area contributed by atoms with Gasteiger partial charge in [-0.25, -0.2) is 4.79 Å². The molecule has 1 unspecified atom stereocenters. The molecule has 1 atom stereocenters. The third-order valence-corrected chi connectivity index (χ3v) is 5.19. The van der Waals surface area contributed by atoms with Gasteiger partial charge >= 0.3 is 5.69 Å². The van der Waals surface area contributed by atoms with Crippen LogP contribution in [0.5, 0.6) is 0 Å². The molecule has 0 spiro atoms. The fourth-order valence-electron chi connectivity index (χ4n) is 3.69. The van der Waals surface area contributed by atoms with Gasteiger partial charge in [-0.15, -0.1) is 0 Å². The van der Waals surface area contributed by atoms with Crippen LogP contribution in [0.25, 0.3) is 11.3 Å². The summed E-state index contributed by atoms with van der Waals surface area (Å²) >= 11 is 6.01. The van der Waals surface area contributed by atoms with E-state index in [0.29, 0.717) is 10.7 Å². The van der Waals surface area contributed by atoms with E-state index >= 15 is 0 Å². The Bertz CT molecular complexity index is 1090. The summed E-state index contributed by atoms with van der Waals surface area (Å²) in [6.45, 7) is 1.99. The van der Waals surface area contributed by atoms with Crippen LogP contribution in [0, 0.1) is 6.92 Å². The lowest BCUT2D eigenvalue weighted by molar-refractivity contribution is -0.116. The second kappa shape index (κ2) is 5.88. The number of rotatable bonds is 2. The first-order valence-corrected chi connectivity index (χ1v) is 8.69. The molecular formula is C20H18ClN3O2. The summed E-state index contributed by atoms with van der Waals surface area (Å²) in [6, 6.07) is 13.2. The zero-order valence-electron chi connectivity index (χ0n) is 14.7. The maximum absolute atomic E-state index is 12.8. The number of nitrogens with zero attached hydrogens (tertiary/aromatic N) is 2. The van der Waals surface area contributed by atoms with E-state index in [2.05, 4.69) is 5.32 Å². The summed E-state index contributed by atoms with van der Waals surface area (Å²) in [7, 11) is 3.43. The van der Waals surface area contributed by atoms with Crippen molar-refractivity contribution in [1.82, 2.24) is 9.13 Å². The number of nitrogens with one attached hydrogen (secondary N) is 1. The molecule has 132 valence electrons. The Balaban J connectivity index is 2.00. The first-order valence-electron chi connectivity index (χ1n) is 8.31. The molecule has 4 rings (SSSR count). The highest BCUT2D eigenvalue weighted by Gasteiger charge is 2.37. The van der Waals surface area contributed by atoms with E-state index in [1.807, 2.05) is 37.3 Å². The van der Waals surface area contributed by atoms with Gasteiger partial charge in [0.2, 0.25) is 5.91 Å². The summed E-state index contributed by atoms with van der Waals surface area (Å²) in [5, 5.41) is 3.55. The number of imidazole rings is 1. The number of halogens is 1. The van der Waals surface area contributed by atoms with Crippen molar-refractivity contribution in [1.29, 1.82) is 0 Å². The van der Waals surface area contributed by atoms with Crippen molar-refractivity contribution >= 4 is 23.2 Å². The van der Waals surface area contributed by atoms with Crippen molar-refractivity contribution in [3.63, 3.8) is 0 Å². The predicted molar refractivity (Wildman–Crippen MR) is 103 cm³/mol. The molecule has 0 saturated heterocycles. The lowest BCUT2D eigenvalue weighted by Crippen LogP contribution is -2.23. The predicted octanol–water partition coefficient (Wildman–Crippen LogP) is 3.44. The van der Waals surface area contributed by atoms with Gasteiger partial charge in [-0.2, -0.15) is 0 Å². The molecule has 0 bridgehead atoms. The van der Waals surface area contributed by atoms with Crippen LogP contribution in [0.15, 0.2) is 47.3 Å². The van der Waals surface area contributed by atoms with Crippen LogP contribution in [0.3, 0.4) is 0 Å². The van der Waals surface area contributed by atoms with Crippen LogP contribution >= 0.6 is 11.6 Å². The van der Waals surface area contributed by atoms with E-state index in [4.69, 9.17) is 11.6 Å². The van der Waals surface area contributed by atoms with E-state index in [1.54, 1.807) is 35.4 Å². The van der Waals surface area contributed by atoms with Crippen molar-refractivity contribution in [2.75, 3.05) is 5.32 Å². The van der Waals surface area contributed by atoms with Crippen LogP contribution in [-0.2, 0) is 18.9 Å². The number of carbonyl (C=O) groups is 1. The van der Waals surface area contributed by atoms with Gasteiger partial charge in [0.15, 0.2) is 0 Å². The van der Waals surface area contributed by atoms with Gasteiger partial charge in [-0.3, -0.25) is 13.9 Å². The van der Waals surface area contributed by atoms with Gasteiger partial charge in [-0.1, -0.05) is 41.4 Å². The Morgan fingerprint density at radius 2 is 1.69 bits per heavy atom. The zero-order valence-corrected chi connectivity index (χ0v) is 15.5. The number of fused-ring (bicyclic) bond motifs is 1. The minimum absolute atomic E-state index is 0.123. The summed E-state index contributed by atoms with van der Waals surface area (Å²) in [4.78, 5) is 25.5. The molecule has 1 N–H and O–H groups in total. The van der Waals surface area contributed by atoms with E-state index in [0.717, 1.165) is 28.1 Å². The molecule has 2 heterocycles. The van der Waals surface area contributed by atoms with Crippen LogP contribution in [0.2, 0.25) is 5.02 Å². The fraction of sp³-hybridized carbons (Fsp3) is 0.200. The maximum Gasteiger partial charge on any atom is 0.328 e. The number of hydrogen-bond donors (Lipinski definition) is 1. The Morgan fingerprint density at radius 1 is 1.00 bits per heavy atom. The molecule has 0 saturated carbocycles. The van der Waals surface area contributed by atoms with Crippen LogP contribution < -0.4 is 11.0 Å². The quantitative estimate of drug-likeness (QED) is 0.754. The highest BCUT2D eigenvalue weighted by atomic mass is 35.5. The summed E-state index contributed by atoms with van der Waals surface area (Å²) in [5.74, 6) is -0.656. The molecule has 5 nitrogen and oxygen atoms in total. The summed E-state index contributed by atoms with van der Waals surface area (Å²) in [6.07, 6.45) is 0. The van der Waals surface area contributed by atoms with Gasteiger partial charge in [0, 0.05) is 30.4 Å². The molecule has 1 aliphatic rings. The van der Waals surface area contributed by atoms with Gasteiger partial charge in [0.05, 0.1) is 11.4 Å². The molecule has 1 aliphatic heterocycles. The summed E-state index contributed by atoms with van der Waals surface area (Å²) < 4.78 is 3.14.